The number of nitrogens with zero attached hydrogens (tertiary/aromatic N) is 4. The molecule has 124 valence electrons. The Labute approximate surface area is 136 Å². The van der Waals surface area contributed by atoms with Crippen LogP contribution < -0.4 is 10.6 Å². The molecule has 2 aromatic rings. The first kappa shape index (κ1) is 17.0. The van der Waals surface area contributed by atoms with Gasteiger partial charge in [-0.2, -0.15) is 5.10 Å². The Morgan fingerprint density at radius 3 is 2.87 bits per heavy atom. The number of urea groups is 1. The van der Waals surface area contributed by atoms with E-state index in [9.17, 15) is 4.79 Å². The second kappa shape index (κ2) is 8.28. The average molecular weight is 316 g/mol. The van der Waals surface area contributed by atoms with Crippen molar-refractivity contribution < 1.29 is 4.79 Å². The van der Waals surface area contributed by atoms with Crippen LogP contribution in [-0.2, 0) is 13.0 Å². The fourth-order valence-electron chi connectivity index (χ4n) is 2.17. The van der Waals surface area contributed by atoms with Crippen LogP contribution in [0.3, 0.4) is 0 Å². The van der Waals surface area contributed by atoms with Crippen LogP contribution in [0, 0.1) is 6.92 Å². The first-order valence-electron chi connectivity index (χ1n) is 7.67. The number of hydrogen-bond donors (Lipinski definition) is 2. The molecule has 7 nitrogen and oxygen atoms in total. The molecule has 0 radical (unpaired) electrons. The molecule has 0 aliphatic carbocycles. The second-order valence-electron chi connectivity index (χ2n) is 5.68. The number of nitrogens with one attached hydrogen (secondary N) is 2. The lowest BCUT2D eigenvalue weighted by atomic mass is 10.1. The number of aromatic nitrogens is 3. The Morgan fingerprint density at radius 2 is 2.13 bits per heavy atom. The van der Waals surface area contributed by atoms with Crippen molar-refractivity contribution in [1.82, 2.24) is 25.0 Å². The number of amides is 2. The standard InChI is InChI=1S/C16H24N6O/c1-13-12-17-7-4-14(13)5-8-18-16(23)20-15-6-9-19-22(15)11-10-21(2)3/h4,6-7,9,12H,5,8,10-11H2,1-3H3,(H2,18,20,23). The maximum atomic E-state index is 12.0. The molecule has 2 N–H and O–H groups in total. The van der Waals surface area contributed by atoms with E-state index in [4.69, 9.17) is 0 Å². The molecule has 2 amide bonds. The maximum Gasteiger partial charge on any atom is 0.320 e. The molecule has 2 rings (SSSR count). The van der Waals surface area contributed by atoms with Crippen molar-refractivity contribution in [3.63, 3.8) is 0 Å². The van der Waals surface area contributed by atoms with Gasteiger partial charge in [0.05, 0.1) is 12.7 Å². The smallest absolute Gasteiger partial charge is 0.320 e. The van der Waals surface area contributed by atoms with Crippen LogP contribution in [0.25, 0.3) is 0 Å². The Balaban J connectivity index is 1.79. The summed E-state index contributed by atoms with van der Waals surface area (Å²) in [4.78, 5) is 18.1. The highest BCUT2D eigenvalue weighted by molar-refractivity contribution is 5.88. The zero-order chi connectivity index (χ0) is 16.7. The van der Waals surface area contributed by atoms with Crippen molar-refractivity contribution >= 4 is 11.8 Å². The van der Waals surface area contributed by atoms with Crippen LogP contribution >= 0.6 is 0 Å². The van der Waals surface area contributed by atoms with Gasteiger partial charge in [0.1, 0.15) is 5.82 Å². The summed E-state index contributed by atoms with van der Waals surface area (Å²) in [6, 6.07) is 3.55. The van der Waals surface area contributed by atoms with Crippen molar-refractivity contribution in [2.24, 2.45) is 0 Å². The summed E-state index contributed by atoms with van der Waals surface area (Å²) in [6.45, 7) is 4.18. The average Bonchev–Trinajstić information content (AvgIpc) is 2.94. The Morgan fingerprint density at radius 1 is 1.30 bits per heavy atom. The van der Waals surface area contributed by atoms with Gasteiger partial charge in [-0.1, -0.05) is 0 Å². The predicted molar refractivity (Wildman–Crippen MR) is 90.5 cm³/mol. The summed E-state index contributed by atoms with van der Waals surface area (Å²) in [5.74, 6) is 0.699. The molecule has 0 saturated heterocycles. The van der Waals surface area contributed by atoms with E-state index in [1.54, 1.807) is 23.1 Å². The van der Waals surface area contributed by atoms with Gasteiger partial charge in [0.25, 0.3) is 0 Å². The summed E-state index contributed by atoms with van der Waals surface area (Å²) >= 11 is 0. The Hall–Kier alpha value is -2.41. The van der Waals surface area contributed by atoms with E-state index in [0.29, 0.717) is 12.4 Å². The largest absolute Gasteiger partial charge is 0.337 e. The molecular weight excluding hydrogens is 292 g/mol. The maximum absolute atomic E-state index is 12.0. The topological polar surface area (TPSA) is 75.1 Å². The van der Waals surface area contributed by atoms with Gasteiger partial charge in [-0.3, -0.25) is 10.3 Å². The van der Waals surface area contributed by atoms with Crippen molar-refractivity contribution in [2.75, 3.05) is 32.5 Å². The molecule has 0 unspecified atom stereocenters. The van der Waals surface area contributed by atoms with Crippen molar-refractivity contribution in [3.8, 4) is 0 Å². The molecular formula is C16H24N6O. The van der Waals surface area contributed by atoms with Crippen LogP contribution in [0.5, 0.6) is 0 Å². The number of hydrogen-bond acceptors (Lipinski definition) is 4. The zero-order valence-electron chi connectivity index (χ0n) is 13.9. The Bertz CT molecular complexity index is 637. The van der Waals surface area contributed by atoms with Crippen molar-refractivity contribution in [3.05, 3.63) is 41.9 Å². The SMILES string of the molecule is Cc1cnccc1CCNC(=O)Nc1ccnn1CCN(C)C. The first-order chi connectivity index (χ1) is 11.1. The highest BCUT2D eigenvalue weighted by Crippen LogP contribution is 2.07. The third-order valence-corrected chi connectivity index (χ3v) is 3.53. The molecule has 0 aliphatic heterocycles. The zero-order valence-corrected chi connectivity index (χ0v) is 13.9. The van der Waals surface area contributed by atoms with Gasteiger partial charge in [0, 0.05) is 31.5 Å². The van der Waals surface area contributed by atoms with Crippen LogP contribution in [0.2, 0.25) is 0 Å². The van der Waals surface area contributed by atoms with E-state index >= 15 is 0 Å². The first-order valence-corrected chi connectivity index (χ1v) is 7.67. The van der Waals surface area contributed by atoms with E-state index in [1.807, 2.05) is 33.3 Å². The van der Waals surface area contributed by atoms with Gasteiger partial charge < -0.3 is 10.2 Å². The van der Waals surface area contributed by atoms with Gasteiger partial charge in [0.2, 0.25) is 0 Å². The molecule has 0 bridgehead atoms. The minimum Gasteiger partial charge on any atom is -0.337 e. The van der Waals surface area contributed by atoms with Gasteiger partial charge in [-0.05, 0) is 44.6 Å². The van der Waals surface area contributed by atoms with Gasteiger partial charge >= 0.3 is 6.03 Å². The number of rotatable bonds is 7. The number of carbonyl (C=O) groups excluding carboxylic acids is 1. The van der Waals surface area contributed by atoms with Gasteiger partial charge in [0.15, 0.2) is 0 Å². The van der Waals surface area contributed by atoms with E-state index in [-0.39, 0.29) is 6.03 Å². The third kappa shape index (κ3) is 5.37. The monoisotopic (exact) mass is 316 g/mol. The minimum atomic E-state index is -0.219. The predicted octanol–water partition coefficient (Wildman–Crippen LogP) is 1.51. The van der Waals surface area contributed by atoms with Crippen molar-refractivity contribution in [2.45, 2.75) is 19.9 Å². The van der Waals surface area contributed by atoms with E-state index in [0.717, 1.165) is 25.1 Å². The van der Waals surface area contributed by atoms with Crippen LogP contribution in [0.1, 0.15) is 11.1 Å². The lowest BCUT2D eigenvalue weighted by molar-refractivity contribution is 0.252. The summed E-state index contributed by atoms with van der Waals surface area (Å²) in [6.07, 6.45) is 6.07. The number of aryl methyl sites for hydroxylation is 1. The lowest BCUT2D eigenvalue weighted by Crippen LogP contribution is -2.31. The molecule has 0 saturated carbocycles. The number of likely N-dealkylation sites (N-methyl/N-ethyl adjacent to an activating group) is 1. The van der Waals surface area contributed by atoms with Crippen LogP contribution in [0.4, 0.5) is 10.6 Å². The molecule has 2 aromatic heterocycles. The molecule has 0 fully saturated rings. The van der Waals surface area contributed by atoms with Crippen LogP contribution in [-0.4, -0.2) is 52.9 Å². The quantitative estimate of drug-likeness (QED) is 0.812. The highest BCUT2D eigenvalue weighted by atomic mass is 16.2. The van der Waals surface area contributed by atoms with Gasteiger partial charge in [-0.25, -0.2) is 9.48 Å². The fraction of sp³-hybridized carbons (Fsp3) is 0.438. The molecule has 2 heterocycles. The fourth-order valence-corrected chi connectivity index (χ4v) is 2.17. The van der Waals surface area contributed by atoms with Crippen LogP contribution in [0.15, 0.2) is 30.7 Å². The summed E-state index contributed by atoms with van der Waals surface area (Å²) in [7, 11) is 4.01. The molecule has 7 heteroatoms. The van der Waals surface area contributed by atoms with Gasteiger partial charge in [-0.15, -0.1) is 0 Å². The molecule has 0 aliphatic rings. The summed E-state index contributed by atoms with van der Waals surface area (Å²) < 4.78 is 1.78. The molecule has 0 aromatic carbocycles. The normalized spacial score (nSPS) is 10.8. The van der Waals surface area contributed by atoms with E-state index < -0.39 is 0 Å². The molecule has 0 spiro atoms. The van der Waals surface area contributed by atoms with Crippen molar-refractivity contribution in [1.29, 1.82) is 0 Å². The molecule has 0 atom stereocenters. The number of pyridine rings is 1. The lowest BCUT2D eigenvalue weighted by Gasteiger charge is -2.13. The van der Waals surface area contributed by atoms with E-state index in [2.05, 4.69) is 25.6 Å². The van der Waals surface area contributed by atoms with E-state index in [1.165, 1.54) is 5.56 Å². The summed E-state index contributed by atoms with van der Waals surface area (Å²) in [5.41, 5.74) is 2.33. The minimum absolute atomic E-state index is 0.219. The number of carbonyl (C=O) groups is 1. The third-order valence-electron chi connectivity index (χ3n) is 3.53. The highest BCUT2D eigenvalue weighted by Gasteiger charge is 2.07. The Kier molecular flexibility index (Phi) is 6.10. The second-order valence-corrected chi connectivity index (χ2v) is 5.68. The molecule has 23 heavy (non-hydrogen) atoms. The number of anilines is 1. The summed E-state index contributed by atoms with van der Waals surface area (Å²) in [5, 5.41) is 9.92.